The summed E-state index contributed by atoms with van der Waals surface area (Å²) in [6, 6.07) is 16.3. The lowest BCUT2D eigenvalue weighted by atomic mass is 10.2. The van der Waals surface area contributed by atoms with E-state index in [2.05, 4.69) is 27.8 Å². The highest BCUT2D eigenvalue weighted by molar-refractivity contribution is 5.90. The fraction of sp³-hybridized carbons (Fsp3) is 0.273. The van der Waals surface area contributed by atoms with Crippen molar-refractivity contribution in [2.24, 2.45) is 0 Å². The maximum Gasteiger partial charge on any atom is 0.228 e. The van der Waals surface area contributed by atoms with Gasteiger partial charge in [0.05, 0.1) is 18.3 Å². The van der Waals surface area contributed by atoms with Crippen LogP contribution < -0.4 is 19.9 Å². The van der Waals surface area contributed by atoms with Crippen molar-refractivity contribution in [1.82, 2.24) is 9.97 Å². The first-order chi connectivity index (χ1) is 13.8. The van der Waals surface area contributed by atoms with E-state index in [1.165, 1.54) is 0 Å². The standard InChI is InChI=1S/C22H25N5O/c1-3-12-23-21-17-8-4-5-9-18(17)24-22(25-21)27-15-13-26(14-16-27)19-10-6-7-11-20(19)28-2/h3-11H,1,12-16H2,2H3,(H,23,24,25). The molecule has 0 atom stereocenters. The second kappa shape index (κ2) is 8.17. The normalized spacial score (nSPS) is 14.2. The van der Waals surface area contributed by atoms with Crippen LogP contribution in [-0.2, 0) is 0 Å². The molecule has 2 heterocycles. The van der Waals surface area contributed by atoms with Crippen molar-refractivity contribution in [3.63, 3.8) is 0 Å². The van der Waals surface area contributed by atoms with E-state index >= 15 is 0 Å². The number of benzene rings is 2. The van der Waals surface area contributed by atoms with Crippen LogP contribution in [0.4, 0.5) is 17.5 Å². The molecule has 1 aliphatic rings. The zero-order chi connectivity index (χ0) is 19.3. The van der Waals surface area contributed by atoms with Gasteiger partial charge in [0.2, 0.25) is 5.95 Å². The number of anilines is 3. The van der Waals surface area contributed by atoms with Crippen molar-refractivity contribution < 1.29 is 4.74 Å². The summed E-state index contributed by atoms with van der Waals surface area (Å²) < 4.78 is 5.52. The van der Waals surface area contributed by atoms with Gasteiger partial charge < -0.3 is 19.9 Å². The molecule has 1 aliphatic heterocycles. The van der Waals surface area contributed by atoms with Gasteiger partial charge in [-0.05, 0) is 24.3 Å². The number of para-hydroxylation sites is 3. The average molecular weight is 375 g/mol. The number of ether oxygens (including phenoxy) is 1. The smallest absolute Gasteiger partial charge is 0.228 e. The Balaban J connectivity index is 1.56. The maximum atomic E-state index is 5.52. The van der Waals surface area contributed by atoms with Crippen molar-refractivity contribution in [3.05, 3.63) is 61.2 Å². The topological polar surface area (TPSA) is 53.5 Å². The SMILES string of the molecule is C=CCNc1nc(N2CCN(c3ccccc3OC)CC2)nc2ccccc12. The molecule has 0 amide bonds. The van der Waals surface area contributed by atoms with Gasteiger partial charge in [-0.2, -0.15) is 4.98 Å². The van der Waals surface area contributed by atoms with E-state index in [-0.39, 0.29) is 0 Å². The van der Waals surface area contributed by atoms with E-state index in [0.717, 1.165) is 60.3 Å². The number of rotatable bonds is 6. The van der Waals surface area contributed by atoms with Gasteiger partial charge in [-0.15, -0.1) is 6.58 Å². The Hall–Kier alpha value is -3.28. The molecule has 144 valence electrons. The molecule has 1 aromatic heterocycles. The Bertz CT molecular complexity index is 966. The van der Waals surface area contributed by atoms with Gasteiger partial charge in [0.1, 0.15) is 11.6 Å². The number of piperazine rings is 1. The van der Waals surface area contributed by atoms with E-state index in [4.69, 9.17) is 14.7 Å². The third-order valence-electron chi connectivity index (χ3n) is 4.99. The fourth-order valence-electron chi connectivity index (χ4n) is 3.55. The van der Waals surface area contributed by atoms with Crippen molar-refractivity contribution in [1.29, 1.82) is 0 Å². The number of aromatic nitrogens is 2. The zero-order valence-electron chi connectivity index (χ0n) is 16.1. The van der Waals surface area contributed by atoms with E-state index in [1.54, 1.807) is 7.11 Å². The molecule has 6 nitrogen and oxygen atoms in total. The minimum Gasteiger partial charge on any atom is -0.495 e. The third kappa shape index (κ3) is 3.58. The first kappa shape index (κ1) is 18.1. The summed E-state index contributed by atoms with van der Waals surface area (Å²) in [4.78, 5) is 14.2. The van der Waals surface area contributed by atoms with E-state index in [9.17, 15) is 0 Å². The number of methoxy groups -OCH3 is 1. The Kier molecular flexibility index (Phi) is 5.28. The molecular formula is C22H25N5O. The minimum atomic E-state index is 0.669. The molecule has 0 spiro atoms. The molecule has 0 bridgehead atoms. The van der Waals surface area contributed by atoms with Crippen LogP contribution in [0.5, 0.6) is 5.75 Å². The van der Waals surface area contributed by atoms with Crippen molar-refractivity contribution >= 4 is 28.4 Å². The molecule has 1 fully saturated rings. The number of hydrogen-bond donors (Lipinski definition) is 1. The predicted molar refractivity (Wildman–Crippen MR) is 116 cm³/mol. The lowest BCUT2D eigenvalue weighted by molar-refractivity contribution is 0.413. The van der Waals surface area contributed by atoms with E-state index in [0.29, 0.717) is 6.54 Å². The van der Waals surface area contributed by atoms with Crippen LogP contribution in [0, 0.1) is 0 Å². The summed E-state index contributed by atoms with van der Waals surface area (Å²) in [6.45, 7) is 7.96. The van der Waals surface area contributed by atoms with Gasteiger partial charge >= 0.3 is 0 Å². The Morgan fingerprint density at radius 2 is 1.71 bits per heavy atom. The number of nitrogens with zero attached hydrogens (tertiary/aromatic N) is 4. The molecule has 1 N–H and O–H groups in total. The molecule has 2 aromatic carbocycles. The summed E-state index contributed by atoms with van der Waals surface area (Å²) in [7, 11) is 1.72. The second-order valence-electron chi connectivity index (χ2n) is 6.70. The lowest BCUT2D eigenvalue weighted by Gasteiger charge is -2.36. The Labute approximate surface area is 165 Å². The molecule has 0 radical (unpaired) electrons. The quantitative estimate of drug-likeness (QED) is 0.665. The van der Waals surface area contributed by atoms with Gasteiger partial charge in [-0.1, -0.05) is 30.3 Å². The average Bonchev–Trinajstić information content (AvgIpc) is 2.77. The molecule has 0 unspecified atom stereocenters. The van der Waals surface area contributed by atoms with Gasteiger partial charge in [0.25, 0.3) is 0 Å². The van der Waals surface area contributed by atoms with Crippen molar-refractivity contribution in [2.45, 2.75) is 0 Å². The van der Waals surface area contributed by atoms with Crippen LogP contribution in [-0.4, -0.2) is 49.8 Å². The van der Waals surface area contributed by atoms with Gasteiger partial charge in [0, 0.05) is 38.1 Å². The third-order valence-corrected chi connectivity index (χ3v) is 4.99. The van der Waals surface area contributed by atoms with Gasteiger partial charge in [-0.3, -0.25) is 0 Å². The second-order valence-corrected chi connectivity index (χ2v) is 6.70. The summed E-state index contributed by atoms with van der Waals surface area (Å²) in [6.07, 6.45) is 1.84. The fourth-order valence-corrected chi connectivity index (χ4v) is 3.55. The molecule has 28 heavy (non-hydrogen) atoms. The van der Waals surface area contributed by atoms with Crippen LogP contribution in [0.25, 0.3) is 10.9 Å². The molecular weight excluding hydrogens is 350 g/mol. The van der Waals surface area contributed by atoms with Crippen LogP contribution in [0.15, 0.2) is 61.2 Å². The maximum absolute atomic E-state index is 5.52. The molecule has 4 rings (SSSR count). The van der Waals surface area contributed by atoms with E-state index < -0.39 is 0 Å². The van der Waals surface area contributed by atoms with Crippen LogP contribution in [0.1, 0.15) is 0 Å². The first-order valence-electron chi connectivity index (χ1n) is 9.54. The van der Waals surface area contributed by atoms with Crippen LogP contribution >= 0.6 is 0 Å². The van der Waals surface area contributed by atoms with Gasteiger partial charge in [0.15, 0.2) is 0 Å². The number of fused-ring (bicyclic) bond motifs is 1. The van der Waals surface area contributed by atoms with Crippen molar-refractivity contribution in [3.8, 4) is 5.75 Å². The summed E-state index contributed by atoms with van der Waals surface area (Å²) in [5.74, 6) is 2.53. The Morgan fingerprint density at radius 1 is 1.00 bits per heavy atom. The monoisotopic (exact) mass is 375 g/mol. The summed E-state index contributed by atoms with van der Waals surface area (Å²) in [5.41, 5.74) is 2.09. The first-order valence-corrected chi connectivity index (χ1v) is 9.54. The molecule has 1 saturated heterocycles. The van der Waals surface area contributed by atoms with Crippen molar-refractivity contribution in [2.75, 3.05) is 55.0 Å². The lowest BCUT2D eigenvalue weighted by Crippen LogP contribution is -2.47. The van der Waals surface area contributed by atoms with E-state index in [1.807, 2.05) is 48.5 Å². The number of nitrogens with one attached hydrogen (secondary N) is 1. The zero-order valence-corrected chi connectivity index (χ0v) is 16.1. The predicted octanol–water partition coefficient (Wildman–Crippen LogP) is 3.56. The number of hydrogen-bond acceptors (Lipinski definition) is 6. The molecule has 0 saturated carbocycles. The molecule has 6 heteroatoms. The van der Waals surface area contributed by atoms with Crippen LogP contribution in [0.3, 0.4) is 0 Å². The Morgan fingerprint density at radius 3 is 2.50 bits per heavy atom. The molecule has 0 aliphatic carbocycles. The largest absolute Gasteiger partial charge is 0.495 e. The highest BCUT2D eigenvalue weighted by Gasteiger charge is 2.22. The van der Waals surface area contributed by atoms with Crippen LogP contribution in [0.2, 0.25) is 0 Å². The summed E-state index contributed by atoms with van der Waals surface area (Å²) >= 11 is 0. The highest BCUT2D eigenvalue weighted by atomic mass is 16.5. The van der Waals surface area contributed by atoms with Gasteiger partial charge in [-0.25, -0.2) is 4.98 Å². The molecule has 3 aromatic rings. The minimum absolute atomic E-state index is 0.669. The highest BCUT2D eigenvalue weighted by Crippen LogP contribution is 2.29. The summed E-state index contributed by atoms with van der Waals surface area (Å²) in [5, 5.41) is 4.37.